The topological polar surface area (TPSA) is 82.3 Å². The van der Waals surface area contributed by atoms with E-state index in [-0.39, 0.29) is 4.90 Å². The van der Waals surface area contributed by atoms with Crippen LogP contribution in [0.4, 0.5) is 0 Å². The summed E-state index contributed by atoms with van der Waals surface area (Å²) in [7, 11) is 0.0668. The first kappa shape index (κ1) is 15.4. The van der Waals surface area contributed by atoms with Gasteiger partial charge in [0.25, 0.3) is 5.56 Å². The van der Waals surface area contributed by atoms with E-state index in [1.165, 1.54) is 12.3 Å². The molecule has 1 aromatic heterocycles. The average Bonchev–Trinajstić information content (AvgIpc) is 2.27. The molecule has 102 valence electrons. The van der Waals surface area contributed by atoms with E-state index in [9.17, 15) is 13.2 Å². The van der Waals surface area contributed by atoms with Crippen LogP contribution in [0, 0.1) is 0 Å². The molecule has 0 aliphatic heterocycles. The van der Waals surface area contributed by atoms with Gasteiger partial charge < -0.3 is 9.88 Å². The van der Waals surface area contributed by atoms with Crippen molar-refractivity contribution in [1.29, 1.82) is 0 Å². The summed E-state index contributed by atoms with van der Waals surface area (Å²) in [6.07, 6.45) is 2.07. The Morgan fingerprint density at radius 3 is 2.72 bits per heavy atom. The van der Waals surface area contributed by atoms with E-state index in [4.69, 9.17) is 0 Å². The smallest absolute Gasteiger partial charge is 0.268 e. The number of hydrogen-bond acceptors (Lipinski definition) is 4. The number of halogens is 1. The summed E-state index contributed by atoms with van der Waals surface area (Å²) in [5.41, 5.74) is -0.627. The predicted octanol–water partition coefficient (Wildman–Crippen LogP) is 0.367. The Morgan fingerprint density at radius 1 is 1.44 bits per heavy atom. The quantitative estimate of drug-likeness (QED) is 0.734. The Bertz CT molecular complexity index is 554. The average molecular weight is 338 g/mol. The van der Waals surface area contributed by atoms with Crippen LogP contribution < -0.4 is 10.3 Å². The predicted molar refractivity (Wildman–Crippen MR) is 73.1 cm³/mol. The standard InChI is InChI=1S/C10H16BrN3O3S/c1-14(2)5-3-4-13-18(16,17)9-6-8(11)7-12-10(9)15/h6-7,13H,3-5H2,1-2H3,(H,12,15). The van der Waals surface area contributed by atoms with Gasteiger partial charge >= 0.3 is 0 Å². The Morgan fingerprint density at radius 2 is 2.11 bits per heavy atom. The molecule has 0 aliphatic carbocycles. The van der Waals surface area contributed by atoms with Crippen molar-refractivity contribution in [3.05, 3.63) is 27.1 Å². The third-order valence-corrected chi connectivity index (χ3v) is 4.12. The van der Waals surface area contributed by atoms with Crippen LogP contribution in [0.1, 0.15) is 6.42 Å². The molecule has 0 saturated carbocycles. The van der Waals surface area contributed by atoms with E-state index in [1.807, 2.05) is 19.0 Å². The van der Waals surface area contributed by atoms with Gasteiger partial charge in [0, 0.05) is 17.2 Å². The van der Waals surface area contributed by atoms with Crippen LogP contribution in [0.3, 0.4) is 0 Å². The fourth-order valence-electron chi connectivity index (χ4n) is 1.32. The third-order valence-electron chi connectivity index (χ3n) is 2.20. The molecule has 2 N–H and O–H groups in total. The van der Waals surface area contributed by atoms with Crippen LogP contribution >= 0.6 is 15.9 Å². The molecule has 0 saturated heterocycles. The molecule has 0 aromatic carbocycles. The van der Waals surface area contributed by atoms with Gasteiger partial charge in [-0.15, -0.1) is 0 Å². The van der Waals surface area contributed by atoms with Crippen LogP contribution in [-0.4, -0.2) is 45.5 Å². The highest BCUT2D eigenvalue weighted by Gasteiger charge is 2.17. The van der Waals surface area contributed by atoms with Gasteiger partial charge in [-0.25, -0.2) is 13.1 Å². The van der Waals surface area contributed by atoms with Gasteiger partial charge in [0.1, 0.15) is 4.90 Å². The Labute approximate surface area is 115 Å². The number of rotatable bonds is 6. The summed E-state index contributed by atoms with van der Waals surface area (Å²) in [6.45, 7) is 1.07. The molecule has 0 bridgehead atoms. The van der Waals surface area contributed by atoms with E-state index in [0.29, 0.717) is 17.4 Å². The number of sulfonamides is 1. The van der Waals surface area contributed by atoms with Gasteiger partial charge in [0.15, 0.2) is 0 Å². The number of hydrogen-bond donors (Lipinski definition) is 2. The summed E-state index contributed by atoms with van der Waals surface area (Å²) in [5, 5.41) is 0. The lowest BCUT2D eigenvalue weighted by Gasteiger charge is -2.10. The fourth-order valence-corrected chi connectivity index (χ4v) is 2.97. The summed E-state index contributed by atoms with van der Waals surface area (Å²) in [4.78, 5) is 15.5. The lowest BCUT2D eigenvalue weighted by molar-refractivity contribution is 0.400. The molecule has 18 heavy (non-hydrogen) atoms. The minimum atomic E-state index is -3.75. The second kappa shape index (κ2) is 6.46. The molecular weight excluding hydrogens is 322 g/mol. The zero-order valence-electron chi connectivity index (χ0n) is 10.2. The molecular formula is C10H16BrN3O3S. The summed E-state index contributed by atoms with van der Waals surface area (Å²) in [6, 6.07) is 1.28. The Kier molecular flexibility index (Phi) is 5.51. The maximum atomic E-state index is 11.9. The third kappa shape index (κ3) is 4.52. The number of nitrogens with one attached hydrogen (secondary N) is 2. The van der Waals surface area contributed by atoms with E-state index < -0.39 is 15.6 Å². The molecule has 8 heteroatoms. The van der Waals surface area contributed by atoms with Gasteiger partial charge in [-0.2, -0.15) is 0 Å². The summed E-state index contributed by atoms with van der Waals surface area (Å²) in [5.74, 6) is 0. The van der Waals surface area contributed by atoms with Gasteiger partial charge in [-0.3, -0.25) is 4.79 Å². The van der Waals surface area contributed by atoms with Crippen molar-refractivity contribution >= 4 is 26.0 Å². The Hall–Kier alpha value is -0.700. The number of nitrogens with zero attached hydrogens (tertiary/aromatic N) is 1. The lowest BCUT2D eigenvalue weighted by Crippen LogP contribution is -2.31. The van der Waals surface area contributed by atoms with Crippen molar-refractivity contribution in [1.82, 2.24) is 14.6 Å². The highest BCUT2D eigenvalue weighted by Crippen LogP contribution is 2.10. The highest BCUT2D eigenvalue weighted by molar-refractivity contribution is 9.10. The van der Waals surface area contributed by atoms with Crippen molar-refractivity contribution < 1.29 is 8.42 Å². The first-order valence-electron chi connectivity index (χ1n) is 5.35. The monoisotopic (exact) mass is 337 g/mol. The number of aromatic amines is 1. The lowest BCUT2D eigenvalue weighted by atomic mass is 10.4. The maximum Gasteiger partial charge on any atom is 0.268 e. The summed E-state index contributed by atoms with van der Waals surface area (Å²) < 4.78 is 26.7. The largest absolute Gasteiger partial charge is 0.327 e. The molecule has 0 fully saturated rings. The van der Waals surface area contributed by atoms with Crippen LogP contribution in [0.2, 0.25) is 0 Å². The zero-order valence-corrected chi connectivity index (χ0v) is 12.6. The van der Waals surface area contributed by atoms with E-state index >= 15 is 0 Å². The first-order valence-corrected chi connectivity index (χ1v) is 7.63. The molecule has 1 rings (SSSR count). The van der Waals surface area contributed by atoms with Crippen molar-refractivity contribution in [3.63, 3.8) is 0 Å². The van der Waals surface area contributed by atoms with Crippen molar-refractivity contribution in [2.45, 2.75) is 11.3 Å². The van der Waals surface area contributed by atoms with Gasteiger partial charge in [-0.05, 0) is 49.1 Å². The van der Waals surface area contributed by atoms with E-state index in [1.54, 1.807) is 0 Å². The molecule has 0 atom stereocenters. The molecule has 0 amide bonds. The molecule has 0 radical (unpaired) electrons. The number of pyridine rings is 1. The van der Waals surface area contributed by atoms with Crippen LogP contribution in [-0.2, 0) is 10.0 Å². The maximum absolute atomic E-state index is 11.9. The van der Waals surface area contributed by atoms with Crippen molar-refractivity contribution in [2.75, 3.05) is 27.2 Å². The number of H-pyrrole nitrogens is 1. The van der Waals surface area contributed by atoms with E-state index in [2.05, 4.69) is 25.6 Å². The van der Waals surface area contributed by atoms with Crippen LogP contribution in [0.25, 0.3) is 0 Å². The molecule has 6 nitrogen and oxygen atoms in total. The minimum Gasteiger partial charge on any atom is -0.327 e. The highest BCUT2D eigenvalue weighted by atomic mass is 79.9. The molecule has 0 unspecified atom stereocenters. The fraction of sp³-hybridized carbons (Fsp3) is 0.500. The molecule has 1 heterocycles. The SMILES string of the molecule is CN(C)CCCNS(=O)(=O)c1cc(Br)c[nH]c1=O. The molecule has 0 spiro atoms. The van der Waals surface area contributed by atoms with Crippen LogP contribution in [0.5, 0.6) is 0 Å². The minimum absolute atomic E-state index is 0.276. The van der Waals surface area contributed by atoms with Crippen LogP contribution in [0.15, 0.2) is 26.4 Å². The van der Waals surface area contributed by atoms with Crippen molar-refractivity contribution in [2.24, 2.45) is 0 Å². The zero-order chi connectivity index (χ0) is 13.8. The first-order chi connectivity index (χ1) is 8.33. The van der Waals surface area contributed by atoms with Gasteiger partial charge in [0.2, 0.25) is 10.0 Å². The second-order valence-electron chi connectivity index (χ2n) is 4.07. The molecule has 1 aromatic rings. The van der Waals surface area contributed by atoms with Gasteiger partial charge in [0.05, 0.1) is 0 Å². The molecule has 0 aliphatic rings. The van der Waals surface area contributed by atoms with E-state index in [0.717, 1.165) is 6.54 Å². The number of aromatic nitrogens is 1. The Balaban J connectivity index is 2.75. The summed E-state index contributed by atoms with van der Waals surface area (Å²) >= 11 is 3.12. The normalized spacial score (nSPS) is 12.0. The van der Waals surface area contributed by atoms with Gasteiger partial charge in [-0.1, -0.05) is 0 Å². The van der Waals surface area contributed by atoms with Crippen molar-refractivity contribution in [3.8, 4) is 0 Å². The second-order valence-corrected chi connectivity index (χ2v) is 6.72.